The molecule has 2 aromatic heterocycles. The first-order chi connectivity index (χ1) is 12.0. The van der Waals surface area contributed by atoms with Crippen molar-refractivity contribution in [1.82, 2.24) is 4.57 Å². The zero-order chi connectivity index (χ0) is 17.3. The lowest BCUT2D eigenvalue weighted by Gasteiger charge is -2.18. The van der Waals surface area contributed by atoms with Crippen LogP contribution in [-0.4, -0.2) is 4.57 Å². The molecule has 5 rings (SSSR count). The van der Waals surface area contributed by atoms with Crippen molar-refractivity contribution >= 4 is 43.7 Å². The summed E-state index contributed by atoms with van der Waals surface area (Å²) >= 11 is 0. The van der Waals surface area contributed by atoms with E-state index >= 15 is 0 Å². The van der Waals surface area contributed by atoms with E-state index in [0.29, 0.717) is 0 Å². The summed E-state index contributed by atoms with van der Waals surface area (Å²) in [5, 5.41) is 5.01. The molecule has 0 spiro atoms. The fourth-order valence-corrected chi connectivity index (χ4v) is 4.14. The van der Waals surface area contributed by atoms with Crippen LogP contribution in [0, 0.1) is 0 Å². The highest BCUT2D eigenvalue weighted by Gasteiger charge is 2.22. The van der Waals surface area contributed by atoms with E-state index < -0.39 is 0 Å². The smallest absolute Gasteiger partial charge is 0.139 e. The Labute approximate surface area is 146 Å². The molecule has 0 aliphatic rings. The van der Waals surface area contributed by atoms with Crippen molar-refractivity contribution in [1.29, 1.82) is 0 Å². The maximum Gasteiger partial charge on any atom is 0.139 e. The number of benzene rings is 3. The summed E-state index contributed by atoms with van der Waals surface area (Å²) < 4.78 is 8.65. The summed E-state index contributed by atoms with van der Waals surface area (Å²) in [5.74, 6) is 0. The minimum Gasteiger partial charge on any atom is -0.456 e. The van der Waals surface area contributed by atoms with E-state index in [-0.39, 0.29) is 5.41 Å². The molecule has 0 unspecified atom stereocenters. The first-order valence-electron chi connectivity index (χ1n) is 8.78. The number of hydrogen-bond donors (Lipinski definition) is 0. The molecule has 2 heteroatoms. The van der Waals surface area contributed by atoms with Crippen molar-refractivity contribution in [3.05, 3.63) is 60.2 Å². The third-order valence-corrected chi connectivity index (χ3v) is 5.34. The largest absolute Gasteiger partial charge is 0.456 e. The van der Waals surface area contributed by atoms with Crippen LogP contribution in [0.5, 0.6) is 0 Å². The Bertz CT molecular complexity index is 1280. The Morgan fingerprint density at radius 3 is 2.36 bits per heavy atom. The molecule has 0 aliphatic carbocycles. The topological polar surface area (TPSA) is 18.1 Å². The number of aromatic nitrogens is 1. The van der Waals surface area contributed by atoms with Gasteiger partial charge in [0, 0.05) is 34.3 Å². The number of furan rings is 1. The Hall–Kier alpha value is -2.74. The van der Waals surface area contributed by atoms with E-state index in [0.717, 1.165) is 11.2 Å². The average Bonchev–Trinajstić information content (AvgIpc) is 3.10. The lowest BCUT2D eigenvalue weighted by molar-refractivity contribution is 0.573. The minimum atomic E-state index is 0.0470. The molecule has 25 heavy (non-hydrogen) atoms. The number of nitrogens with zero attached hydrogens (tertiary/aromatic N) is 1. The van der Waals surface area contributed by atoms with Gasteiger partial charge in [-0.05, 0) is 23.6 Å². The molecule has 0 fully saturated rings. The Kier molecular flexibility index (Phi) is 2.72. The van der Waals surface area contributed by atoms with Gasteiger partial charge in [0.2, 0.25) is 0 Å². The van der Waals surface area contributed by atoms with Crippen molar-refractivity contribution in [2.75, 3.05) is 0 Å². The SMILES string of the molecule is Cn1c2ccccc2c2ccc3oc4c(C(C)(C)C)cccc4c3c21. The third-order valence-electron chi connectivity index (χ3n) is 5.34. The summed E-state index contributed by atoms with van der Waals surface area (Å²) in [6.07, 6.45) is 0. The first-order valence-corrected chi connectivity index (χ1v) is 8.78. The lowest BCUT2D eigenvalue weighted by Crippen LogP contribution is -2.10. The number of aryl methyl sites for hydroxylation is 1. The van der Waals surface area contributed by atoms with Crippen LogP contribution in [0.1, 0.15) is 26.3 Å². The van der Waals surface area contributed by atoms with Crippen molar-refractivity contribution in [3.63, 3.8) is 0 Å². The highest BCUT2D eigenvalue weighted by atomic mass is 16.3. The molecule has 0 saturated heterocycles. The molecule has 2 nitrogen and oxygen atoms in total. The fourth-order valence-electron chi connectivity index (χ4n) is 4.14. The zero-order valence-corrected chi connectivity index (χ0v) is 15.1. The third kappa shape index (κ3) is 1.85. The molecule has 0 saturated carbocycles. The Morgan fingerprint density at radius 1 is 0.800 bits per heavy atom. The summed E-state index contributed by atoms with van der Waals surface area (Å²) in [7, 11) is 2.15. The fraction of sp³-hybridized carbons (Fsp3) is 0.217. The summed E-state index contributed by atoms with van der Waals surface area (Å²) in [6, 6.07) is 19.4. The minimum absolute atomic E-state index is 0.0470. The van der Waals surface area contributed by atoms with E-state index in [1.807, 2.05) is 0 Å². The predicted molar refractivity (Wildman–Crippen MR) is 106 cm³/mol. The van der Waals surface area contributed by atoms with Gasteiger partial charge in [0.1, 0.15) is 11.2 Å². The average molecular weight is 327 g/mol. The van der Waals surface area contributed by atoms with Gasteiger partial charge < -0.3 is 8.98 Å². The van der Waals surface area contributed by atoms with Gasteiger partial charge in [-0.2, -0.15) is 0 Å². The molecule has 0 radical (unpaired) electrons. The van der Waals surface area contributed by atoms with Gasteiger partial charge in [0.15, 0.2) is 0 Å². The van der Waals surface area contributed by atoms with Crippen LogP contribution in [0.4, 0.5) is 0 Å². The highest BCUT2D eigenvalue weighted by molar-refractivity contribution is 6.24. The summed E-state index contributed by atoms with van der Waals surface area (Å²) in [5.41, 5.74) is 5.79. The zero-order valence-electron chi connectivity index (χ0n) is 15.1. The monoisotopic (exact) mass is 327 g/mol. The number of hydrogen-bond acceptors (Lipinski definition) is 1. The van der Waals surface area contributed by atoms with Gasteiger partial charge in [0.05, 0.1) is 10.9 Å². The van der Waals surface area contributed by atoms with E-state index in [1.165, 1.54) is 38.1 Å². The predicted octanol–water partition coefficient (Wildman–Crippen LogP) is 6.53. The quantitative estimate of drug-likeness (QED) is 0.316. The van der Waals surface area contributed by atoms with E-state index in [9.17, 15) is 0 Å². The first kappa shape index (κ1) is 14.6. The second kappa shape index (κ2) is 4.66. The van der Waals surface area contributed by atoms with Gasteiger partial charge in [-0.3, -0.25) is 0 Å². The van der Waals surface area contributed by atoms with Crippen LogP contribution in [0.15, 0.2) is 59.0 Å². The molecule has 0 bridgehead atoms. The molecule has 0 amide bonds. The highest BCUT2D eigenvalue weighted by Crippen LogP contribution is 2.41. The maximum absolute atomic E-state index is 6.36. The number of rotatable bonds is 0. The molecule has 3 aromatic carbocycles. The number of para-hydroxylation sites is 2. The molecule has 5 aromatic rings. The Balaban J connectivity index is 2.06. The lowest BCUT2D eigenvalue weighted by atomic mass is 9.86. The van der Waals surface area contributed by atoms with Crippen molar-refractivity contribution < 1.29 is 4.42 Å². The summed E-state index contributed by atoms with van der Waals surface area (Å²) in [6.45, 7) is 6.71. The molecular formula is C23H21NO. The van der Waals surface area contributed by atoms with Crippen LogP contribution >= 0.6 is 0 Å². The number of fused-ring (bicyclic) bond motifs is 7. The molecular weight excluding hydrogens is 306 g/mol. The molecule has 0 aliphatic heterocycles. The van der Waals surface area contributed by atoms with Gasteiger partial charge in [-0.15, -0.1) is 0 Å². The standard InChI is InChI=1S/C23H21NO/c1-23(2,3)17-10-7-9-16-20-19(25-22(16)17)13-12-15-14-8-5-6-11-18(14)24(4)21(15)20/h5-13H,1-4H3. The Morgan fingerprint density at radius 2 is 1.56 bits per heavy atom. The van der Waals surface area contributed by atoms with E-state index in [2.05, 4.69) is 87.0 Å². The van der Waals surface area contributed by atoms with E-state index in [4.69, 9.17) is 4.42 Å². The molecule has 0 atom stereocenters. The molecule has 124 valence electrons. The van der Waals surface area contributed by atoms with Gasteiger partial charge in [0.25, 0.3) is 0 Å². The van der Waals surface area contributed by atoms with Crippen molar-refractivity contribution in [3.8, 4) is 0 Å². The normalized spacial score (nSPS) is 12.8. The van der Waals surface area contributed by atoms with Gasteiger partial charge >= 0.3 is 0 Å². The van der Waals surface area contributed by atoms with Crippen LogP contribution in [0.25, 0.3) is 43.7 Å². The van der Waals surface area contributed by atoms with Gasteiger partial charge in [-0.1, -0.05) is 57.2 Å². The van der Waals surface area contributed by atoms with Gasteiger partial charge in [-0.25, -0.2) is 0 Å². The van der Waals surface area contributed by atoms with E-state index in [1.54, 1.807) is 0 Å². The molecule has 2 heterocycles. The summed E-state index contributed by atoms with van der Waals surface area (Å²) in [4.78, 5) is 0. The maximum atomic E-state index is 6.36. The molecule has 0 N–H and O–H groups in total. The van der Waals surface area contributed by atoms with Crippen LogP contribution in [0.2, 0.25) is 0 Å². The van der Waals surface area contributed by atoms with Crippen molar-refractivity contribution in [2.24, 2.45) is 7.05 Å². The second-order valence-corrected chi connectivity index (χ2v) is 7.95. The van der Waals surface area contributed by atoms with Crippen molar-refractivity contribution in [2.45, 2.75) is 26.2 Å². The van der Waals surface area contributed by atoms with Crippen LogP contribution < -0.4 is 0 Å². The second-order valence-electron chi connectivity index (χ2n) is 7.95. The van der Waals surface area contributed by atoms with Crippen LogP contribution in [-0.2, 0) is 12.5 Å². The van der Waals surface area contributed by atoms with Crippen LogP contribution in [0.3, 0.4) is 0 Å².